The van der Waals surface area contributed by atoms with Crippen molar-refractivity contribution in [1.29, 1.82) is 0 Å². The van der Waals surface area contributed by atoms with E-state index in [-0.39, 0.29) is 12.1 Å². The van der Waals surface area contributed by atoms with E-state index in [4.69, 9.17) is 10.2 Å². The zero-order valence-corrected chi connectivity index (χ0v) is 13.4. The zero-order valence-electron chi connectivity index (χ0n) is 13.4. The van der Waals surface area contributed by atoms with Crippen LogP contribution in [0.15, 0.2) is 16.5 Å². The third-order valence-electron chi connectivity index (χ3n) is 5.13. The van der Waals surface area contributed by atoms with E-state index in [9.17, 15) is 0 Å². The van der Waals surface area contributed by atoms with Crippen LogP contribution in [0.5, 0.6) is 0 Å². The molecule has 2 heterocycles. The topological polar surface area (TPSA) is 45.6 Å². The molecule has 0 spiro atoms. The van der Waals surface area contributed by atoms with Gasteiger partial charge in [-0.25, -0.2) is 0 Å². The predicted octanol–water partition coefficient (Wildman–Crippen LogP) is 2.54. The Labute approximate surface area is 128 Å². The molecule has 21 heavy (non-hydrogen) atoms. The van der Waals surface area contributed by atoms with Crippen molar-refractivity contribution in [3.8, 4) is 0 Å². The number of rotatable bonds is 4. The van der Waals surface area contributed by atoms with Gasteiger partial charge in [0.05, 0.1) is 6.04 Å². The van der Waals surface area contributed by atoms with Gasteiger partial charge in [0.1, 0.15) is 11.5 Å². The van der Waals surface area contributed by atoms with Crippen LogP contribution in [-0.2, 0) is 0 Å². The first kappa shape index (κ1) is 15.1. The van der Waals surface area contributed by atoms with Gasteiger partial charge in [-0.1, -0.05) is 12.8 Å². The van der Waals surface area contributed by atoms with E-state index in [1.54, 1.807) is 0 Å². The maximum atomic E-state index is 6.25. The normalized spacial score (nSPS) is 25.3. The highest BCUT2D eigenvalue weighted by atomic mass is 16.3. The van der Waals surface area contributed by atoms with Gasteiger partial charge in [0, 0.05) is 38.3 Å². The lowest BCUT2D eigenvalue weighted by Crippen LogP contribution is -2.52. The minimum atomic E-state index is 0.0913. The fourth-order valence-corrected chi connectivity index (χ4v) is 4.03. The van der Waals surface area contributed by atoms with Crippen LogP contribution in [0.3, 0.4) is 0 Å². The second-order valence-electron chi connectivity index (χ2n) is 6.76. The Kier molecular flexibility index (Phi) is 4.67. The third kappa shape index (κ3) is 3.33. The van der Waals surface area contributed by atoms with Crippen LogP contribution >= 0.6 is 0 Å². The first-order chi connectivity index (χ1) is 10.1. The highest BCUT2D eigenvalue weighted by Crippen LogP contribution is 2.29. The summed E-state index contributed by atoms with van der Waals surface area (Å²) in [5.74, 6) is 2.00. The van der Waals surface area contributed by atoms with Gasteiger partial charge in [0.15, 0.2) is 0 Å². The van der Waals surface area contributed by atoms with Gasteiger partial charge in [-0.15, -0.1) is 0 Å². The molecule has 2 N–H and O–H groups in total. The van der Waals surface area contributed by atoms with Crippen molar-refractivity contribution in [3.05, 3.63) is 23.7 Å². The molecule has 0 bridgehead atoms. The Balaban J connectivity index is 1.63. The summed E-state index contributed by atoms with van der Waals surface area (Å²) in [6, 6.07) is 5.27. The molecule has 0 amide bonds. The number of hydrogen-bond acceptors (Lipinski definition) is 4. The van der Waals surface area contributed by atoms with Crippen molar-refractivity contribution in [1.82, 2.24) is 9.80 Å². The Morgan fingerprint density at radius 2 is 1.81 bits per heavy atom. The molecule has 3 rings (SSSR count). The minimum absolute atomic E-state index is 0.0913. The molecular weight excluding hydrogens is 262 g/mol. The van der Waals surface area contributed by atoms with Crippen molar-refractivity contribution >= 4 is 0 Å². The minimum Gasteiger partial charge on any atom is -0.465 e. The van der Waals surface area contributed by atoms with Gasteiger partial charge >= 0.3 is 0 Å². The summed E-state index contributed by atoms with van der Waals surface area (Å²) in [4.78, 5) is 5.20. The molecule has 4 heteroatoms. The van der Waals surface area contributed by atoms with Crippen LogP contribution in [0.2, 0.25) is 0 Å². The molecule has 2 atom stereocenters. The van der Waals surface area contributed by atoms with E-state index < -0.39 is 0 Å². The zero-order chi connectivity index (χ0) is 14.8. The maximum Gasteiger partial charge on any atom is 0.122 e. The Morgan fingerprint density at radius 1 is 1.14 bits per heavy atom. The molecule has 118 valence electrons. The van der Waals surface area contributed by atoms with Gasteiger partial charge in [-0.05, 0) is 38.8 Å². The molecule has 1 saturated carbocycles. The molecule has 2 unspecified atom stereocenters. The predicted molar refractivity (Wildman–Crippen MR) is 85.2 cm³/mol. The van der Waals surface area contributed by atoms with Crippen molar-refractivity contribution in [3.63, 3.8) is 0 Å². The molecule has 1 aliphatic heterocycles. The lowest BCUT2D eigenvalue weighted by atomic mass is 10.0. The number of nitrogens with two attached hydrogens (primary N) is 1. The largest absolute Gasteiger partial charge is 0.465 e. The van der Waals surface area contributed by atoms with Crippen molar-refractivity contribution in [2.24, 2.45) is 5.73 Å². The number of hydrogen-bond donors (Lipinski definition) is 1. The van der Waals surface area contributed by atoms with Crippen molar-refractivity contribution in [2.75, 3.05) is 26.2 Å². The summed E-state index contributed by atoms with van der Waals surface area (Å²) in [5.41, 5.74) is 6.25. The van der Waals surface area contributed by atoms with E-state index in [1.165, 1.54) is 38.8 Å². The molecule has 4 nitrogen and oxygen atoms in total. The molecule has 1 aliphatic carbocycles. The number of piperazine rings is 1. The van der Waals surface area contributed by atoms with Gasteiger partial charge < -0.3 is 10.2 Å². The van der Waals surface area contributed by atoms with Crippen LogP contribution in [0, 0.1) is 6.92 Å². The van der Waals surface area contributed by atoms with Crippen LogP contribution in [0.1, 0.15) is 50.2 Å². The van der Waals surface area contributed by atoms with Gasteiger partial charge in [0.2, 0.25) is 0 Å². The standard InChI is InChI=1S/C17H29N3O/c1-13-7-8-16(21-13)17(14(2)18)20-11-9-19(10-12-20)15-5-3-4-6-15/h7-8,14-15,17H,3-6,9-12,18H2,1-2H3. The number of aryl methyl sites for hydroxylation is 1. The lowest BCUT2D eigenvalue weighted by molar-refractivity contribution is 0.0557. The van der Waals surface area contributed by atoms with Gasteiger partial charge in [-0.3, -0.25) is 9.80 Å². The summed E-state index contributed by atoms with van der Waals surface area (Å²) in [6.45, 7) is 8.64. The second kappa shape index (κ2) is 6.51. The fourth-order valence-electron chi connectivity index (χ4n) is 4.03. The first-order valence-corrected chi connectivity index (χ1v) is 8.45. The van der Waals surface area contributed by atoms with E-state index in [0.717, 1.165) is 30.7 Å². The monoisotopic (exact) mass is 291 g/mol. The third-order valence-corrected chi connectivity index (χ3v) is 5.13. The first-order valence-electron chi connectivity index (χ1n) is 8.45. The lowest BCUT2D eigenvalue weighted by Gasteiger charge is -2.42. The molecule has 2 aliphatic rings. The van der Waals surface area contributed by atoms with Crippen molar-refractivity contribution < 1.29 is 4.42 Å². The summed E-state index contributed by atoms with van der Waals surface area (Å²) >= 11 is 0. The van der Waals surface area contributed by atoms with Crippen LogP contribution in [-0.4, -0.2) is 48.1 Å². The molecule has 0 aromatic carbocycles. The summed E-state index contributed by atoms with van der Waals surface area (Å²) in [6.07, 6.45) is 5.63. The summed E-state index contributed by atoms with van der Waals surface area (Å²) in [7, 11) is 0. The SMILES string of the molecule is Cc1ccc(C(C(C)N)N2CCN(C3CCCC3)CC2)o1. The van der Waals surface area contributed by atoms with Gasteiger partial charge in [-0.2, -0.15) is 0 Å². The van der Waals surface area contributed by atoms with E-state index in [0.29, 0.717) is 0 Å². The summed E-state index contributed by atoms with van der Waals surface area (Å²) in [5, 5.41) is 0. The number of furan rings is 1. The maximum absolute atomic E-state index is 6.25. The molecule has 1 saturated heterocycles. The van der Waals surface area contributed by atoms with E-state index in [1.807, 2.05) is 13.0 Å². The molecule has 1 aromatic heterocycles. The fraction of sp³-hybridized carbons (Fsp3) is 0.765. The van der Waals surface area contributed by atoms with Crippen LogP contribution in [0.25, 0.3) is 0 Å². The smallest absolute Gasteiger partial charge is 0.122 e. The molecule has 2 fully saturated rings. The molecule has 1 aromatic rings. The van der Waals surface area contributed by atoms with E-state index >= 15 is 0 Å². The van der Waals surface area contributed by atoms with Crippen molar-refractivity contribution in [2.45, 2.75) is 57.7 Å². The van der Waals surface area contributed by atoms with Crippen LogP contribution < -0.4 is 5.73 Å². The van der Waals surface area contributed by atoms with Gasteiger partial charge in [0.25, 0.3) is 0 Å². The Morgan fingerprint density at radius 3 is 2.33 bits per heavy atom. The Bertz CT molecular complexity index is 443. The molecular formula is C17H29N3O. The second-order valence-corrected chi connectivity index (χ2v) is 6.76. The number of nitrogens with zero attached hydrogens (tertiary/aromatic N) is 2. The Hall–Kier alpha value is -0.840. The van der Waals surface area contributed by atoms with Crippen LogP contribution in [0.4, 0.5) is 0 Å². The average Bonchev–Trinajstić information content (AvgIpc) is 3.11. The highest BCUT2D eigenvalue weighted by molar-refractivity contribution is 5.12. The molecule has 0 radical (unpaired) electrons. The quantitative estimate of drug-likeness (QED) is 0.926. The highest BCUT2D eigenvalue weighted by Gasteiger charge is 2.32. The average molecular weight is 291 g/mol. The van der Waals surface area contributed by atoms with E-state index in [2.05, 4.69) is 22.8 Å². The summed E-state index contributed by atoms with van der Waals surface area (Å²) < 4.78 is 5.85.